The standard InChI is InChI=1S/C15H20N2O2/c1-15(7-3-9-19-15)14(18)17-8-2-4-11-5-6-12(16)10-13(11)17/h5-6,10H,2-4,7-9,16H2,1H3. The fraction of sp³-hybridized carbons (Fsp3) is 0.533. The summed E-state index contributed by atoms with van der Waals surface area (Å²) in [5, 5.41) is 0. The molecular weight excluding hydrogens is 240 g/mol. The van der Waals surface area contributed by atoms with Crippen LogP contribution in [0.3, 0.4) is 0 Å². The zero-order valence-corrected chi connectivity index (χ0v) is 11.3. The maximum atomic E-state index is 12.8. The van der Waals surface area contributed by atoms with Crippen LogP contribution in [0.5, 0.6) is 0 Å². The van der Waals surface area contributed by atoms with Crippen LogP contribution in [-0.2, 0) is 16.0 Å². The van der Waals surface area contributed by atoms with E-state index < -0.39 is 5.60 Å². The topological polar surface area (TPSA) is 55.6 Å². The smallest absolute Gasteiger partial charge is 0.258 e. The highest BCUT2D eigenvalue weighted by atomic mass is 16.5. The number of nitrogen functional groups attached to an aromatic ring is 1. The van der Waals surface area contributed by atoms with Crippen LogP contribution in [0.1, 0.15) is 31.7 Å². The van der Waals surface area contributed by atoms with Crippen molar-refractivity contribution in [3.63, 3.8) is 0 Å². The summed E-state index contributed by atoms with van der Waals surface area (Å²) in [6.07, 6.45) is 3.77. The largest absolute Gasteiger partial charge is 0.399 e. The van der Waals surface area contributed by atoms with Gasteiger partial charge in [0.2, 0.25) is 0 Å². The molecule has 1 saturated heterocycles. The van der Waals surface area contributed by atoms with Crippen LogP contribution in [0.4, 0.5) is 11.4 Å². The minimum Gasteiger partial charge on any atom is -0.399 e. The molecule has 2 aliphatic rings. The Hall–Kier alpha value is -1.55. The average Bonchev–Trinajstić information content (AvgIpc) is 2.85. The Kier molecular flexibility index (Phi) is 2.97. The van der Waals surface area contributed by atoms with Gasteiger partial charge in [0.05, 0.1) is 0 Å². The molecule has 3 rings (SSSR count). The first-order valence-corrected chi connectivity index (χ1v) is 6.94. The van der Waals surface area contributed by atoms with Gasteiger partial charge in [-0.2, -0.15) is 0 Å². The molecule has 0 aliphatic carbocycles. The van der Waals surface area contributed by atoms with E-state index in [1.54, 1.807) is 0 Å². The number of carbonyl (C=O) groups is 1. The zero-order chi connectivity index (χ0) is 13.5. The van der Waals surface area contributed by atoms with Gasteiger partial charge in [-0.3, -0.25) is 4.79 Å². The number of hydrogen-bond donors (Lipinski definition) is 1. The van der Waals surface area contributed by atoms with E-state index in [1.807, 2.05) is 30.0 Å². The van der Waals surface area contributed by atoms with Crippen molar-refractivity contribution >= 4 is 17.3 Å². The SMILES string of the molecule is CC1(C(=O)N2CCCc3ccc(N)cc32)CCCO1. The van der Waals surface area contributed by atoms with Gasteiger partial charge in [0.25, 0.3) is 5.91 Å². The van der Waals surface area contributed by atoms with Gasteiger partial charge in [-0.25, -0.2) is 0 Å². The molecule has 102 valence electrons. The van der Waals surface area contributed by atoms with E-state index in [1.165, 1.54) is 5.56 Å². The van der Waals surface area contributed by atoms with Gasteiger partial charge in [-0.05, 0) is 50.3 Å². The van der Waals surface area contributed by atoms with Crippen LogP contribution in [0.2, 0.25) is 0 Å². The third-order valence-electron chi connectivity index (χ3n) is 4.14. The lowest BCUT2D eigenvalue weighted by Crippen LogP contribution is -2.48. The second kappa shape index (κ2) is 4.53. The molecule has 1 unspecified atom stereocenters. The van der Waals surface area contributed by atoms with E-state index in [0.717, 1.165) is 37.9 Å². The number of amides is 1. The summed E-state index contributed by atoms with van der Waals surface area (Å²) >= 11 is 0. The van der Waals surface area contributed by atoms with Crippen molar-refractivity contribution in [2.45, 2.75) is 38.2 Å². The zero-order valence-electron chi connectivity index (χ0n) is 11.3. The number of carbonyl (C=O) groups excluding carboxylic acids is 1. The first-order valence-electron chi connectivity index (χ1n) is 6.94. The molecule has 2 N–H and O–H groups in total. The Morgan fingerprint density at radius 1 is 1.42 bits per heavy atom. The number of nitrogens with two attached hydrogens (primary N) is 1. The van der Waals surface area contributed by atoms with Crippen LogP contribution in [-0.4, -0.2) is 24.7 Å². The van der Waals surface area contributed by atoms with Gasteiger partial charge in [0, 0.05) is 24.5 Å². The quantitative estimate of drug-likeness (QED) is 0.787. The first kappa shape index (κ1) is 12.5. The monoisotopic (exact) mass is 260 g/mol. The fourth-order valence-corrected chi connectivity index (χ4v) is 3.04. The summed E-state index contributed by atoms with van der Waals surface area (Å²) in [6, 6.07) is 5.84. The highest BCUT2D eigenvalue weighted by Crippen LogP contribution is 2.34. The number of hydrogen-bond acceptors (Lipinski definition) is 3. The Balaban J connectivity index is 1.95. The van der Waals surface area contributed by atoms with Crippen LogP contribution < -0.4 is 10.6 Å². The Labute approximate surface area is 113 Å². The summed E-state index contributed by atoms with van der Waals surface area (Å²) in [6.45, 7) is 3.34. The molecule has 1 aromatic carbocycles. The van der Waals surface area contributed by atoms with E-state index in [9.17, 15) is 4.79 Å². The van der Waals surface area contributed by atoms with Crippen molar-refractivity contribution < 1.29 is 9.53 Å². The molecule has 0 aromatic heterocycles. The van der Waals surface area contributed by atoms with Crippen molar-refractivity contribution in [3.05, 3.63) is 23.8 Å². The lowest BCUT2D eigenvalue weighted by molar-refractivity contribution is -0.136. The minimum atomic E-state index is -0.654. The van der Waals surface area contributed by atoms with Gasteiger partial charge >= 0.3 is 0 Å². The van der Waals surface area contributed by atoms with E-state index in [0.29, 0.717) is 12.3 Å². The molecule has 1 aromatic rings. The predicted molar refractivity (Wildman–Crippen MR) is 75.1 cm³/mol. The maximum absolute atomic E-state index is 12.8. The molecule has 0 bridgehead atoms. The number of ether oxygens (including phenoxy) is 1. The van der Waals surface area contributed by atoms with Crippen LogP contribution in [0.25, 0.3) is 0 Å². The normalized spacial score (nSPS) is 26.3. The number of benzene rings is 1. The first-order chi connectivity index (χ1) is 9.10. The summed E-state index contributed by atoms with van der Waals surface area (Å²) in [7, 11) is 0. The summed E-state index contributed by atoms with van der Waals surface area (Å²) in [5.74, 6) is 0.0801. The summed E-state index contributed by atoms with van der Waals surface area (Å²) in [4.78, 5) is 14.6. The number of aryl methyl sites for hydroxylation is 1. The Morgan fingerprint density at radius 2 is 2.26 bits per heavy atom. The molecule has 1 atom stereocenters. The Morgan fingerprint density at radius 3 is 3.00 bits per heavy atom. The van der Waals surface area contributed by atoms with Crippen molar-refractivity contribution in [1.29, 1.82) is 0 Å². The highest BCUT2D eigenvalue weighted by Gasteiger charge is 2.41. The van der Waals surface area contributed by atoms with E-state index >= 15 is 0 Å². The van der Waals surface area contributed by atoms with E-state index in [-0.39, 0.29) is 5.91 Å². The lowest BCUT2D eigenvalue weighted by atomic mass is 9.96. The van der Waals surface area contributed by atoms with Crippen molar-refractivity contribution in [2.24, 2.45) is 0 Å². The fourth-order valence-electron chi connectivity index (χ4n) is 3.04. The van der Waals surface area contributed by atoms with E-state index in [4.69, 9.17) is 10.5 Å². The van der Waals surface area contributed by atoms with Gasteiger partial charge in [-0.1, -0.05) is 6.07 Å². The third kappa shape index (κ3) is 2.10. The number of fused-ring (bicyclic) bond motifs is 1. The molecule has 2 aliphatic heterocycles. The van der Waals surface area contributed by atoms with Gasteiger partial charge in [0.15, 0.2) is 0 Å². The summed E-state index contributed by atoms with van der Waals surface area (Å²) < 4.78 is 5.68. The molecule has 1 amide bonds. The van der Waals surface area contributed by atoms with Crippen molar-refractivity contribution in [3.8, 4) is 0 Å². The number of nitrogens with zero attached hydrogens (tertiary/aromatic N) is 1. The van der Waals surface area contributed by atoms with Gasteiger partial charge in [0.1, 0.15) is 5.60 Å². The van der Waals surface area contributed by atoms with E-state index in [2.05, 4.69) is 0 Å². The molecule has 4 heteroatoms. The molecular formula is C15H20N2O2. The molecule has 19 heavy (non-hydrogen) atoms. The molecule has 2 heterocycles. The molecule has 0 saturated carbocycles. The molecule has 0 spiro atoms. The molecule has 0 radical (unpaired) electrons. The lowest BCUT2D eigenvalue weighted by Gasteiger charge is -2.35. The second-order valence-corrected chi connectivity index (χ2v) is 5.63. The van der Waals surface area contributed by atoms with Crippen molar-refractivity contribution in [1.82, 2.24) is 0 Å². The molecule has 1 fully saturated rings. The number of rotatable bonds is 1. The maximum Gasteiger partial charge on any atom is 0.258 e. The molecule has 4 nitrogen and oxygen atoms in total. The van der Waals surface area contributed by atoms with Crippen LogP contribution >= 0.6 is 0 Å². The Bertz CT molecular complexity index is 507. The van der Waals surface area contributed by atoms with Gasteiger partial charge < -0.3 is 15.4 Å². The average molecular weight is 260 g/mol. The third-order valence-corrected chi connectivity index (χ3v) is 4.14. The van der Waals surface area contributed by atoms with Crippen molar-refractivity contribution in [2.75, 3.05) is 23.8 Å². The minimum absolute atomic E-state index is 0.0801. The van der Waals surface area contributed by atoms with Crippen LogP contribution in [0.15, 0.2) is 18.2 Å². The van der Waals surface area contributed by atoms with Crippen LogP contribution in [0, 0.1) is 0 Å². The van der Waals surface area contributed by atoms with Gasteiger partial charge in [-0.15, -0.1) is 0 Å². The number of anilines is 2. The summed E-state index contributed by atoms with van der Waals surface area (Å²) in [5.41, 5.74) is 8.08. The predicted octanol–water partition coefficient (Wildman–Crippen LogP) is 2.12. The highest BCUT2D eigenvalue weighted by molar-refractivity contribution is 6.00. The second-order valence-electron chi connectivity index (χ2n) is 5.63.